The van der Waals surface area contributed by atoms with Gasteiger partial charge in [0.15, 0.2) is 5.60 Å². The Morgan fingerprint density at radius 2 is 2.06 bits per heavy atom. The first-order valence-corrected chi connectivity index (χ1v) is 12.7. The minimum Gasteiger partial charge on any atom is -0.435 e. The third kappa shape index (κ3) is 4.60. The number of rotatable bonds is 7. The molecule has 0 radical (unpaired) electrons. The van der Waals surface area contributed by atoms with Crippen LogP contribution in [0.1, 0.15) is 59.8 Å². The van der Waals surface area contributed by atoms with Gasteiger partial charge in [-0.2, -0.15) is 0 Å². The number of hydrogen-bond acceptors (Lipinski definition) is 6. The van der Waals surface area contributed by atoms with E-state index in [9.17, 15) is 10.1 Å². The number of nitro groups is 1. The maximum atomic E-state index is 11.0. The van der Waals surface area contributed by atoms with E-state index in [4.69, 9.17) is 15.0 Å². The quantitative estimate of drug-likeness (QED) is 0.350. The summed E-state index contributed by atoms with van der Waals surface area (Å²) in [4.78, 5) is 14.4. The predicted octanol–water partition coefficient (Wildman–Crippen LogP) is 3.76. The van der Waals surface area contributed by atoms with Gasteiger partial charge in [0.05, 0.1) is 25.8 Å². The SMILES string of the molecule is CCC1=CC=C(C2=CN(C3(C)C=CC(C)(OC[C@@]4(C)Cn5cc([N+](=O)[O-])nc5O4)CC3)[N-][NH+]2C)CC1. The van der Waals surface area contributed by atoms with E-state index in [1.807, 2.05) is 6.92 Å². The average molecular weight is 497 g/mol. The molecule has 0 bridgehead atoms. The highest BCUT2D eigenvalue weighted by molar-refractivity contribution is 5.36. The van der Waals surface area contributed by atoms with Gasteiger partial charge in [0.2, 0.25) is 0 Å². The van der Waals surface area contributed by atoms with Crippen LogP contribution in [0.15, 0.2) is 53.5 Å². The first kappa shape index (κ1) is 24.7. The van der Waals surface area contributed by atoms with Crippen molar-refractivity contribution in [2.24, 2.45) is 0 Å². The Balaban J connectivity index is 1.22. The third-order valence-electron chi connectivity index (χ3n) is 7.84. The van der Waals surface area contributed by atoms with Gasteiger partial charge in [-0.1, -0.05) is 36.8 Å². The van der Waals surface area contributed by atoms with Gasteiger partial charge in [-0.3, -0.25) is 4.57 Å². The van der Waals surface area contributed by atoms with Crippen molar-refractivity contribution in [1.82, 2.24) is 14.6 Å². The standard InChI is InChI=1S/C26H36N6O4/c1-6-19-7-9-20(10-8-19)21-15-31(28-29(21)5)24(2)11-13-25(3,14-12-24)35-18-26(4)17-30-16-22(32(33)34)27-23(30)36-26/h7,9,11,13,15-16,29H,6,8,10,12,14,17-18H2,1-5H3/t24?,25?,26-/m1/s1. The van der Waals surface area contributed by atoms with Gasteiger partial charge < -0.3 is 35.1 Å². The van der Waals surface area contributed by atoms with Crippen LogP contribution in [0.4, 0.5) is 5.82 Å². The molecule has 2 aliphatic carbocycles. The zero-order valence-corrected chi connectivity index (χ0v) is 21.8. The highest BCUT2D eigenvalue weighted by Crippen LogP contribution is 2.39. The zero-order chi connectivity index (χ0) is 25.7. The molecule has 194 valence electrons. The van der Waals surface area contributed by atoms with Crippen LogP contribution in [0.25, 0.3) is 5.53 Å². The van der Waals surface area contributed by atoms with Crippen LogP contribution in [-0.4, -0.2) is 49.9 Å². The fourth-order valence-corrected chi connectivity index (χ4v) is 5.25. The van der Waals surface area contributed by atoms with E-state index in [1.165, 1.54) is 23.0 Å². The van der Waals surface area contributed by atoms with E-state index in [2.05, 4.69) is 68.3 Å². The normalized spacial score (nSPS) is 33.6. The monoisotopic (exact) mass is 496 g/mol. The number of quaternary nitrogens is 1. The third-order valence-corrected chi connectivity index (χ3v) is 7.84. The van der Waals surface area contributed by atoms with Gasteiger partial charge in [-0.25, -0.2) is 0 Å². The molecule has 4 aliphatic rings. The van der Waals surface area contributed by atoms with E-state index < -0.39 is 16.1 Å². The average Bonchev–Trinajstić information content (AvgIpc) is 3.52. The molecule has 0 saturated heterocycles. The predicted molar refractivity (Wildman–Crippen MR) is 135 cm³/mol. The Bertz CT molecular complexity index is 1160. The first-order chi connectivity index (χ1) is 17.0. The molecular weight excluding hydrogens is 460 g/mol. The van der Waals surface area contributed by atoms with Crippen LogP contribution < -0.4 is 9.75 Å². The van der Waals surface area contributed by atoms with Crippen LogP contribution in [0.2, 0.25) is 0 Å². The van der Waals surface area contributed by atoms with Crippen LogP contribution in [0.5, 0.6) is 6.01 Å². The molecule has 10 nitrogen and oxygen atoms in total. The fraction of sp³-hybridized carbons (Fsp3) is 0.577. The van der Waals surface area contributed by atoms with E-state index >= 15 is 0 Å². The van der Waals surface area contributed by atoms with Crippen molar-refractivity contribution in [2.75, 3.05) is 13.7 Å². The van der Waals surface area contributed by atoms with Gasteiger partial charge >= 0.3 is 11.8 Å². The van der Waals surface area contributed by atoms with E-state index in [-0.39, 0.29) is 17.4 Å². The Kier molecular flexibility index (Phi) is 6.09. The number of aromatic nitrogens is 2. The highest BCUT2D eigenvalue weighted by atomic mass is 16.6. The summed E-state index contributed by atoms with van der Waals surface area (Å²) in [5, 5.41) is 14.1. The summed E-state index contributed by atoms with van der Waals surface area (Å²) >= 11 is 0. The second-order valence-electron chi connectivity index (χ2n) is 11.1. The molecule has 3 heterocycles. The number of imidazole rings is 1. The first-order valence-electron chi connectivity index (χ1n) is 12.7. The lowest BCUT2D eigenvalue weighted by atomic mass is 9.81. The molecule has 2 aliphatic heterocycles. The lowest BCUT2D eigenvalue weighted by molar-refractivity contribution is -0.798. The molecular formula is C26H36N6O4. The van der Waals surface area contributed by atoms with Gasteiger partial charge in [0.1, 0.15) is 11.9 Å². The van der Waals surface area contributed by atoms with Crippen molar-refractivity contribution in [3.63, 3.8) is 0 Å². The number of likely N-dealkylation sites (N-methyl/N-ethyl adjacent to an activating group) is 1. The minimum absolute atomic E-state index is 0.201. The van der Waals surface area contributed by atoms with Gasteiger partial charge in [-0.05, 0) is 57.8 Å². The Morgan fingerprint density at radius 3 is 2.67 bits per heavy atom. The summed E-state index contributed by atoms with van der Waals surface area (Å²) in [5.41, 5.74) is 7.75. The number of ether oxygens (including phenoxy) is 2. The number of fused-ring (bicyclic) bond motifs is 1. The molecule has 0 aromatic carbocycles. The maximum absolute atomic E-state index is 11.0. The molecule has 1 aromatic heterocycles. The number of hydrogen-bond donors (Lipinski definition) is 1. The lowest BCUT2D eigenvalue weighted by Crippen LogP contribution is -3.02. The van der Waals surface area contributed by atoms with Gasteiger partial charge in [-0.15, -0.1) is 0 Å². The summed E-state index contributed by atoms with van der Waals surface area (Å²) in [7, 11) is 2.09. The van der Waals surface area contributed by atoms with E-state index in [0.717, 1.165) is 37.1 Å². The molecule has 0 amide bonds. The van der Waals surface area contributed by atoms with Crippen LogP contribution in [-0.2, 0) is 11.3 Å². The maximum Gasteiger partial charge on any atom is 0.415 e. The van der Waals surface area contributed by atoms with Crippen molar-refractivity contribution >= 4 is 5.82 Å². The van der Waals surface area contributed by atoms with E-state index in [0.29, 0.717) is 13.2 Å². The summed E-state index contributed by atoms with van der Waals surface area (Å²) in [6, 6.07) is 0.268. The second kappa shape index (κ2) is 8.86. The molecule has 5 rings (SSSR count). The summed E-state index contributed by atoms with van der Waals surface area (Å²) in [6.45, 7) is 9.28. The number of allylic oxidation sites excluding steroid dienone is 4. The number of nitrogens with zero attached hydrogens (tertiary/aromatic N) is 5. The molecule has 0 fully saturated rings. The molecule has 10 heteroatoms. The summed E-state index contributed by atoms with van der Waals surface area (Å²) in [5.74, 6) is -0.201. The number of nitrogens with one attached hydrogen (secondary N) is 1. The van der Waals surface area contributed by atoms with Crippen molar-refractivity contribution in [2.45, 2.75) is 83.1 Å². The molecule has 0 saturated carbocycles. The molecule has 1 N–H and O–H groups in total. The van der Waals surface area contributed by atoms with Gasteiger partial charge in [0.25, 0.3) is 0 Å². The molecule has 4 atom stereocenters. The summed E-state index contributed by atoms with van der Waals surface area (Å²) < 4.78 is 14.0. The molecule has 3 unspecified atom stereocenters. The largest absolute Gasteiger partial charge is 0.435 e. The zero-order valence-electron chi connectivity index (χ0n) is 21.8. The smallest absolute Gasteiger partial charge is 0.415 e. The lowest BCUT2D eigenvalue weighted by Gasteiger charge is -2.48. The fourth-order valence-electron chi connectivity index (χ4n) is 5.25. The molecule has 36 heavy (non-hydrogen) atoms. The van der Waals surface area contributed by atoms with E-state index in [1.54, 1.807) is 4.57 Å². The minimum atomic E-state index is -0.622. The molecule has 1 aromatic rings. The Labute approximate surface area is 212 Å². The second-order valence-corrected chi connectivity index (χ2v) is 11.1. The highest BCUT2D eigenvalue weighted by Gasteiger charge is 2.43. The topological polar surface area (TPSA) is 101 Å². The molecule has 0 spiro atoms. The van der Waals surface area contributed by atoms with Crippen LogP contribution in [0, 0.1) is 10.1 Å². The Hall–Kier alpha value is -2.95. The van der Waals surface area contributed by atoms with Crippen LogP contribution >= 0.6 is 0 Å². The van der Waals surface area contributed by atoms with Crippen molar-refractivity contribution in [3.8, 4) is 6.01 Å². The van der Waals surface area contributed by atoms with Gasteiger partial charge in [0, 0.05) is 22.3 Å². The van der Waals surface area contributed by atoms with Crippen LogP contribution in [0.3, 0.4) is 0 Å². The summed E-state index contributed by atoms with van der Waals surface area (Å²) in [6.07, 6.45) is 17.5. The Morgan fingerprint density at radius 1 is 1.25 bits per heavy atom. The van der Waals surface area contributed by atoms with Crippen molar-refractivity contribution in [1.29, 1.82) is 0 Å². The van der Waals surface area contributed by atoms with Crippen molar-refractivity contribution < 1.29 is 19.4 Å². The van der Waals surface area contributed by atoms with Crippen molar-refractivity contribution in [3.05, 3.63) is 69.2 Å².